The molecule has 0 atom stereocenters. The predicted octanol–water partition coefficient (Wildman–Crippen LogP) is 4.70. The van der Waals surface area contributed by atoms with Gasteiger partial charge in [-0.05, 0) is 71.3 Å². The van der Waals surface area contributed by atoms with Crippen molar-refractivity contribution >= 4 is 32.6 Å². The minimum Gasteiger partial charge on any atom is -0.494 e. The minimum absolute atomic E-state index is 0.125. The topological polar surface area (TPSA) is 64.1 Å². The zero-order valence-electron chi connectivity index (χ0n) is 19.4. The molecule has 172 valence electrons. The number of ether oxygens (including phenoxy) is 3. The van der Waals surface area contributed by atoms with Gasteiger partial charge in [0.25, 0.3) is 5.91 Å². The number of amides is 1. The highest BCUT2D eigenvalue weighted by molar-refractivity contribution is 7.22. The molecule has 0 saturated heterocycles. The molecular weight excluding hydrogens is 426 g/mol. The molecule has 0 unspecified atom stereocenters. The number of hydrogen-bond donors (Lipinski definition) is 0. The van der Waals surface area contributed by atoms with Crippen LogP contribution in [-0.4, -0.2) is 62.8 Å². The standard InChI is InChI=1S/C24H31N3O4S/c1-6-29-18-10-11-19-22(16-18)32-24(25-19)27(14-13-26(4)5)23(28)17-9-12-20(30-7-2)21(15-17)31-8-3/h9-12,15-16H,6-8,13-14H2,1-5H3. The van der Waals surface area contributed by atoms with Crippen LogP contribution < -0.4 is 19.1 Å². The summed E-state index contributed by atoms with van der Waals surface area (Å²) in [5.41, 5.74) is 1.38. The predicted molar refractivity (Wildman–Crippen MR) is 130 cm³/mol. The quantitative estimate of drug-likeness (QED) is 0.416. The van der Waals surface area contributed by atoms with E-state index in [0.717, 1.165) is 16.0 Å². The molecule has 7 nitrogen and oxygen atoms in total. The first-order valence-corrected chi connectivity index (χ1v) is 11.7. The lowest BCUT2D eigenvalue weighted by atomic mass is 10.1. The molecule has 1 aromatic heterocycles. The molecule has 0 aliphatic carbocycles. The molecule has 0 N–H and O–H groups in total. The van der Waals surface area contributed by atoms with E-state index >= 15 is 0 Å². The van der Waals surface area contributed by atoms with Crippen molar-refractivity contribution in [2.45, 2.75) is 20.8 Å². The van der Waals surface area contributed by atoms with E-state index < -0.39 is 0 Å². The van der Waals surface area contributed by atoms with Gasteiger partial charge in [0.1, 0.15) is 5.75 Å². The summed E-state index contributed by atoms with van der Waals surface area (Å²) in [5, 5.41) is 0.660. The van der Waals surface area contributed by atoms with Crippen LogP contribution in [0, 0.1) is 0 Å². The first kappa shape index (κ1) is 23.8. The van der Waals surface area contributed by atoms with Crippen LogP contribution in [0.3, 0.4) is 0 Å². The summed E-state index contributed by atoms with van der Waals surface area (Å²) in [6.45, 7) is 8.62. The molecule has 0 aliphatic rings. The van der Waals surface area contributed by atoms with Crippen LogP contribution >= 0.6 is 11.3 Å². The largest absolute Gasteiger partial charge is 0.494 e. The van der Waals surface area contributed by atoms with Gasteiger partial charge in [0.15, 0.2) is 16.6 Å². The zero-order chi connectivity index (χ0) is 23.1. The van der Waals surface area contributed by atoms with Crippen LogP contribution in [0.25, 0.3) is 10.2 Å². The van der Waals surface area contributed by atoms with Crippen molar-refractivity contribution in [2.24, 2.45) is 0 Å². The molecule has 0 saturated carbocycles. The normalized spacial score (nSPS) is 11.1. The maximum Gasteiger partial charge on any atom is 0.260 e. The summed E-state index contributed by atoms with van der Waals surface area (Å²) in [4.78, 5) is 22.1. The fraction of sp³-hybridized carbons (Fsp3) is 0.417. The van der Waals surface area contributed by atoms with Crippen LogP contribution in [-0.2, 0) is 0 Å². The third-order valence-electron chi connectivity index (χ3n) is 4.70. The number of likely N-dealkylation sites (N-methyl/N-ethyl adjacent to an activating group) is 1. The van der Waals surface area contributed by atoms with Gasteiger partial charge in [-0.25, -0.2) is 4.98 Å². The number of thiazole rings is 1. The second-order valence-electron chi connectivity index (χ2n) is 7.35. The second kappa shape index (κ2) is 11.2. The van der Waals surface area contributed by atoms with Crippen LogP contribution in [0.2, 0.25) is 0 Å². The van der Waals surface area contributed by atoms with E-state index in [4.69, 9.17) is 19.2 Å². The highest BCUT2D eigenvalue weighted by Crippen LogP contribution is 2.34. The summed E-state index contributed by atoms with van der Waals surface area (Å²) in [7, 11) is 3.97. The number of fused-ring (bicyclic) bond motifs is 1. The van der Waals surface area contributed by atoms with Gasteiger partial charge in [0.2, 0.25) is 0 Å². The van der Waals surface area contributed by atoms with Crippen molar-refractivity contribution in [3.05, 3.63) is 42.0 Å². The Balaban J connectivity index is 1.97. The number of carbonyl (C=O) groups is 1. The van der Waals surface area contributed by atoms with Gasteiger partial charge in [-0.1, -0.05) is 11.3 Å². The molecule has 0 fully saturated rings. The molecule has 3 rings (SSSR count). The first-order valence-electron chi connectivity index (χ1n) is 10.9. The molecule has 3 aromatic rings. The lowest BCUT2D eigenvalue weighted by molar-refractivity contribution is 0.0984. The molecule has 8 heteroatoms. The van der Waals surface area contributed by atoms with Crippen LogP contribution in [0.15, 0.2) is 36.4 Å². The Bertz CT molecular complexity index is 1050. The lowest BCUT2D eigenvalue weighted by Crippen LogP contribution is -2.36. The van der Waals surface area contributed by atoms with Gasteiger partial charge >= 0.3 is 0 Å². The first-order chi connectivity index (χ1) is 15.5. The number of nitrogens with zero attached hydrogens (tertiary/aromatic N) is 3. The van der Waals surface area contributed by atoms with Crippen molar-refractivity contribution in [3.63, 3.8) is 0 Å². The Kier molecular flexibility index (Phi) is 8.30. The van der Waals surface area contributed by atoms with Crippen molar-refractivity contribution in [1.29, 1.82) is 0 Å². The summed E-state index contributed by atoms with van der Waals surface area (Å²) in [6.07, 6.45) is 0. The maximum atomic E-state index is 13.6. The van der Waals surface area contributed by atoms with Crippen LogP contribution in [0.4, 0.5) is 5.13 Å². The molecule has 1 heterocycles. The average molecular weight is 458 g/mol. The highest BCUT2D eigenvalue weighted by atomic mass is 32.1. The fourth-order valence-corrected chi connectivity index (χ4v) is 4.21. The average Bonchev–Trinajstić information content (AvgIpc) is 3.18. The minimum atomic E-state index is -0.125. The van der Waals surface area contributed by atoms with Gasteiger partial charge < -0.3 is 19.1 Å². The smallest absolute Gasteiger partial charge is 0.260 e. The van der Waals surface area contributed by atoms with Crippen molar-refractivity contribution in [2.75, 3.05) is 51.9 Å². The number of anilines is 1. The Morgan fingerprint density at radius 2 is 1.62 bits per heavy atom. The Morgan fingerprint density at radius 3 is 2.31 bits per heavy atom. The zero-order valence-corrected chi connectivity index (χ0v) is 20.2. The monoisotopic (exact) mass is 457 g/mol. The van der Waals surface area contributed by atoms with Crippen molar-refractivity contribution < 1.29 is 19.0 Å². The number of benzene rings is 2. The second-order valence-corrected chi connectivity index (χ2v) is 8.36. The Morgan fingerprint density at radius 1 is 0.906 bits per heavy atom. The van der Waals surface area contributed by atoms with E-state index in [1.807, 2.05) is 58.0 Å². The van der Waals surface area contributed by atoms with Gasteiger partial charge in [0, 0.05) is 18.7 Å². The van der Waals surface area contributed by atoms with E-state index in [9.17, 15) is 4.79 Å². The van der Waals surface area contributed by atoms with Crippen LogP contribution in [0.5, 0.6) is 17.2 Å². The Labute approximate surface area is 193 Å². The Hall–Kier alpha value is -2.84. The molecule has 1 amide bonds. The van der Waals surface area contributed by atoms with Crippen LogP contribution in [0.1, 0.15) is 31.1 Å². The van der Waals surface area contributed by atoms with E-state index in [0.29, 0.717) is 55.1 Å². The van der Waals surface area contributed by atoms with Crippen molar-refractivity contribution in [3.8, 4) is 17.2 Å². The SMILES string of the molecule is CCOc1ccc2nc(N(CCN(C)C)C(=O)c3ccc(OCC)c(OCC)c3)sc2c1. The van der Waals surface area contributed by atoms with Crippen molar-refractivity contribution in [1.82, 2.24) is 9.88 Å². The molecular formula is C24H31N3O4S. The number of rotatable bonds is 11. The number of aromatic nitrogens is 1. The summed E-state index contributed by atoms with van der Waals surface area (Å²) < 4.78 is 18.0. The molecule has 0 bridgehead atoms. The highest BCUT2D eigenvalue weighted by Gasteiger charge is 2.23. The van der Waals surface area contributed by atoms with E-state index in [1.165, 1.54) is 11.3 Å². The maximum absolute atomic E-state index is 13.6. The third kappa shape index (κ3) is 5.69. The molecule has 2 aromatic carbocycles. The molecule has 0 radical (unpaired) electrons. The number of carbonyl (C=O) groups excluding carboxylic acids is 1. The molecule has 0 aliphatic heterocycles. The van der Waals surface area contributed by atoms with Gasteiger partial charge in [-0.2, -0.15) is 0 Å². The summed E-state index contributed by atoms with van der Waals surface area (Å²) in [6, 6.07) is 11.1. The van der Waals surface area contributed by atoms with E-state index in [-0.39, 0.29) is 5.91 Å². The van der Waals surface area contributed by atoms with E-state index in [1.54, 1.807) is 23.1 Å². The fourth-order valence-electron chi connectivity index (χ4n) is 3.19. The molecule has 32 heavy (non-hydrogen) atoms. The van der Waals surface area contributed by atoms with Gasteiger partial charge in [-0.3, -0.25) is 9.69 Å². The van der Waals surface area contributed by atoms with Gasteiger partial charge in [-0.15, -0.1) is 0 Å². The van der Waals surface area contributed by atoms with Gasteiger partial charge in [0.05, 0.1) is 30.0 Å². The number of hydrogen-bond acceptors (Lipinski definition) is 7. The third-order valence-corrected chi connectivity index (χ3v) is 5.74. The molecule has 0 spiro atoms. The lowest BCUT2D eigenvalue weighted by Gasteiger charge is -2.22. The summed E-state index contributed by atoms with van der Waals surface area (Å²) >= 11 is 1.49. The summed E-state index contributed by atoms with van der Waals surface area (Å²) in [5.74, 6) is 1.88. The van der Waals surface area contributed by atoms with E-state index in [2.05, 4.69) is 0 Å².